The van der Waals surface area contributed by atoms with Gasteiger partial charge >= 0.3 is 0 Å². The number of carbonyl (C=O) groups excluding carboxylic acids is 1. The molecule has 3 aromatic rings. The molecule has 0 spiro atoms. The lowest BCUT2D eigenvalue weighted by atomic mass is 10.2. The van der Waals surface area contributed by atoms with Gasteiger partial charge in [0.2, 0.25) is 10.0 Å². The molecule has 8 heteroatoms. The number of sulfonamides is 1. The van der Waals surface area contributed by atoms with Crippen LogP contribution in [0.25, 0.3) is 10.6 Å². The Hall–Kier alpha value is -2.55. The standard InChI is InChI=1S/C23H25N3O3S2/c1-16-11-12-19(31(28,29)26-13-7-4-8-14-26)15-20(16)25-22(27)21-17(2)24-23(30-21)18-9-5-3-6-10-18/h3,5-6,9-12,15H,4,7-8,13-14H2,1-2H3,(H,25,27). The van der Waals surface area contributed by atoms with E-state index in [0.29, 0.717) is 29.3 Å². The summed E-state index contributed by atoms with van der Waals surface area (Å²) in [5.41, 5.74) is 2.91. The smallest absolute Gasteiger partial charge is 0.267 e. The van der Waals surface area contributed by atoms with Crippen molar-refractivity contribution in [3.8, 4) is 10.6 Å². The number of thiazole rings is 1. The van der Waals surface area contributed by atoms with Gasteiger partial charge in [0.15, 0.2) is 0 Å². The number of anilines is 1. The molecule has 1 N–H and O–H groups in total. The molecule has 1 aromatic heterocycles. The van der Waals surface area contributed by atoms with E-state index in [9.17, 15) is 13.2 Å². The maximum absolute atomic E-state index is 13.0. The molecule has 1 aliphatic heterocycles. The Kier molecular flexibility index (Phi) is 6.22. The van der Waals surface area contributed by atoms with Crippen molar-refractivity contribution in [1.82, 2.24) is 9.29 Å². The van der Waals surface area contributed by atoms with Crippen molar-refractivity contribution in [2.75, 3.05) is 18.4 Å². The summed E-state index contributed by atoms with van der Waals surface area (Å²) in [6, 6.07) is 14.6. The van der Waals surface area contributed by atoms with E-state index in [1.807, 2.05) is 44.2 Å². The fraction of sp³-hybridized carbons (Fsp3) is 0.304. The summed E-state index contributed by atoms with van der Waals surface area (Å²) in [4.78, 5) is 18.3. The first-order valence-corrected chi connectivity index (χ1v) is 12.6. The van der Waals surface area contributed by atoms with Gasteiger partial charge in [-0.1, -0.05) is 42.8 Å². The molecule has 1 saturated heterocycles. The van der Waals surface area contributed by atoms with Gasteiger partial charge in [0.1, 0.15) is 9.88 Å². The number of nitrogens with one attached hydrogen (secondary N) is 1. The highest BCUT2D eigenvalue weighted by Crippen LogP contribution is 2.30. The van der Waals surface area contributed by atoms with E-state index in [1.54, 1.807) is 18.2 Å². The molecule has 2 heterocycles. The molecule has 0 saturated carbocycles. The number of piperidine rings is 1. The van der Waals surface area contributed by atoms with Crippen LogP contribution < -0.4 is 5.32 Å². The maximum Gasteiger partial charge on any atom is 0.267 e. The third-order valence-electron chi connectivity index (χ3n) is 5.43. The summed E-state index contributed by atoms with van der Waals surface area (Å²) in [6.45, 7) is 4.74. The second-order valence-electron chi connectivity index (χ2n) is 7.70. The molecule has 1 amide bonds. The molecule has 0 bridgehead atoms. The van der Waals surface area contributed by atoms with Gasteiger partial charge in [-0.05, 0) is 44.4 Å². The number of benzene rings is 2. The predicted octanol–water partition coefficient (Wildman–Crippen LogP) is 4.85. The number of amides is 1. The summed E-state index contributed by atoms with van der Waals surface area (Å²) >= 11 is 1.33. The summed E-state index contributed by atoms with van der Waals surface area (Å²) in [6.07, 6.45) is 2.81. The zero-order valence-corrected chi connectivity index (χ0v) is 19.2. The number of nitrogens with zero attached hydrogens (tertiary/aromatic N) is 2. The quantitative estimate of drug-likeness (QED) is 0.596. The minimum absolute atomic E-state index is 0.210. The van der Waals surface area contributed by atoms with Crippen LogP contribution in [0.3, 0.4) is 0 Å². The van der Waals surface area contributed by atoms with Gasteiger partial charge in [0.05, 0.1) is 10.6 Å². The highest BCUT2D eigenvalue weighted by molar-refractivity contribution is 7.89. The molecule has 1 fully saturated rings. The van der Waals surface area contributed by atoms with Crippen LogP contribution in [0.1, 0.15) is 40.2 Å². The Bertz CT molecular complexity index is 1200. The van der Waals surface area contributed by atoms with Gasteiger partial charge in [-0.2, -0.15) is 4.31 Å². The lowest BCUT2D eigenvalue weighted by Gasteiger charge is -2.26. The van der Waals surface area contributed by atoms with Crippen molar-refractivity contribution >= 4 is 33.0 Å². The average molecular weight is 456 g/mol. The summed E-state index contributed by atoms with van der Waals surface area (Å²) in [7, 11) is -3.57. The van der Waals surface area contributed by atoms with E-state index >= 15 is 0 Å². The molecule has 4 rings (SSSR count). The SMILES string of the molecule is Cc1ccc(S(=O)(=O)N2CCCCC2)cc1NC(=O)c1sc(-c2ccccc2)nc1C. The Morgan fingerprint density at radius 1 is 1.03 bits per heavy atom. The first-order valence-electron chi connectivity index (χ1n) is 10.3. The number of carbonyl (C=O) groups is 1. The molecule has 0 atom stereocenters. The van der Waals surface area contributed by atoms with Crippen LogP contribution >= 0.6 is 11.3 Å². The van der Waals surface area contributed by atoms with E-state index in [1.165, 1.54) is 15.6 Å². The van der Waals surface area contributed by atoms with Crippen molar-refractivity contribution in [2.45, 2.75) is 38.0 Å². The van der Waals surface area contributed by atoms with Crippen molar-refractivity contribution in [1.29, 1.82) is 0 Å². The van der Waals surface area contributed by atoms with Crippen LogP contribution in [-0.4, -0.2) is 36.7 Å². The Morgan fingerprint density at radius 2 is 1.74 bits per heavy atom. The fourth-order valence-electron chi connectivity index (χ4n) is 3.64. The van der Waals surface area contributed by atoms with Crippen molar-refractivity contribution in [3.05, 3.63) is 64.7 Å². The number of hydrogen-bond donors (Lipinski definition) is 1. The molecular weight excluding hydrogens is 430 g/mol. The van der Waals surface area contributed by atoms with Crippen LogP contribution in [0.15, 0.2) is 53.4 Å². The Morgan fingerprint density at radius 3 is 2.45 bits per heavy atom. The number of hydrogen-bond acceptors (Lipinski definition) is 5. The highest BCUT2D eigenvalue weighted by atomic mass is 32.2. The normalized spacial score (nSPS) is 15.0. The zero-order valence-electron chi connectivity index (χ0n) is 17.6. The lowest BCUT2D eigenvalue weighted by Crippen LogP contribution is -2.35. The largest absolute Gasteiger partial charge is 0.321 e. The van der Waals surface area contributed by atoms with E-state index in [0.717, 1.165) is 35.4 Å². The second-order valence-corrected chi connectivity index (χ2v) is 10.6. The number of rotatable bonds is 5. The van der Waals surface area contributed by atoms with E-state index in [4.69, 9.17) is 0 Å². The van der Waals surface area contributed by atoms with Gasteiger partial charge in [0.25, 0.3) is 5.91 Å². The molecule has 162 valence electrons. The molecule has 31 heavy (non-hydrogen) atoms. The summed E-state index contributed by atoms with van der Waals surface area (Å²) in [5, 5.41) is 3.68. The Balaban J connectivity index is 1.59. The molecule has 6 nitrogen and oxygen atoms in total. The van der Waals surface area contributed by atoms with Gasteiger partial charge in [0, 0.05) is 24.3 Å². The van der Waals surface area contributed by atoms with Crippen LogP contribution in [-0.2, 0) is 10.0 Å². The fourth-order valence-corrected chi connectivity index (χ4v) is 6.15. The highest BCUT2D eigenvalue weighted by Gasteiger charge is 2.27. The van der Waals surface area contributed by atoms with Gasteiger partial charge in [-0.3, -0.25) is 4.79 Å². The van der Waals surface area contributed by atoms with E-state index in [-0.39, 0.29) is 10.8 Å². The van der Waals surface area contributed by atoms with Gasteiger partial charge < -0.3 is 5.32 Å². The average Bonchev–Trinajstić information content (AvgIpc) is 3.18. The summed E-state index contributed by atoms with van der Waals surface area (Å²) in [5.74, 6) is -0.284. The zero-order chi connectivity index (χ0) is 22.0. The van der Waals surface area contributed by atoms with Crippen molar-refractivity contribution in [2.24, 2.45) is 0 Å². The first-order chi connectivity index (χ1) is 14.9. The molecule has 0 radical (unpaired) electrons. The molecule has 0 unspecified atom stereocenters. The first kappa shape index (κ1) is 21.7. The van der Waals surface area contributed by atoms with E-state index < -0.39 is 10.0 Å². The predicted molar refractivity (Wildman–Crippen MR) is 124 cm³/mol. The van der Waals surface area contributed by atoms with Crippen LogP contribution in [0.4, 0.5) is 5.69 Å². The number of aryl methyl sites for hydroxylation is 2. The van der Waals surface area contributed by atoms with Crippen LogP contribution in [0, 0.1) is 13.8 Å². The lowest BCUT2D eigenvalue weighted by molar-refractivity contribution is 0.102. The van der Waals surface area contributed by atoms with Crippen molar-refractivity contribution < 1.29 is 13.2 Å². The molecule has 0 aliphatic carbocycles. The van der Waals surface area contributed by atoms with Crippen LogP contribution in [0.5, 0.6) is 0 Å². The van der Waals surface area contributed by atoms with Gasteiger partial charge in [-0.15, -0.1) is 11.3 Å². The molecule has 1 aliphatic rings. The van der Waals surface area contributed by atoms with Crippen LogP contribution in [0.2, 0.25) is 0 Å². The molecular formula is C23H25N3O3S2. The summed E-state index contributed by atoms with van der Waals surface area (Å²) < 4.78 is 27.6. The van der Waals surface area contributed by atoms with E-state index in [2.05, 4.69) is 10.3 Å². The van der Waals surface area contributed by atoms with Gasteiger partial charge in [-0.25, -0.2) is 13.4 Å². The monoisotopic (exact) mass is 455 g/mol. The molecule has 2 aromatic carbocycles. The second kappa shape index (κ2) is 8.90. The third-order valence-corrected chi connectivity index (χ3v) is 8.53. The maximum atomic E-state index is 13.0. The van der Waals surface area contributed by atoms with Crippen molar-refractivity contribution in [3.63, 3.8) is 0 Å². The topological polar surface area (TPSA) is 79.4 Å². The number of aromatic nitrogens is 1. The minimum atomic E-state index is -3.57. The Labute approximate surface area is 187 Å². The minimum Gasteiger partial charge on any atom is -0.321 e. The third kappa shape index (κ3) is 4.56.